The van der Waals surface area contributed by atoms with Gasteiger partial charge in [0, 0.05) is 0 Å². The molecule has 9 rings (SSSR count). The van der Waals surface area contributed by atoms with Crippen LogP contribution < -0.4 is 9.97 Å². The van der Waals surface area contributed by atoms with E-state index in [1.807, 2.05) is 48.6 Å². The van der Waals surface area contributed by atoms with Crippen LogP contribution in [0.4, 0.5) is 0 Å². The van der Waals surface area contributed by atoms with Crippen molar-refractivity contribution in [3.05, 3.63) is 166 Å². The molecule has 0 radical (unpaired) electrons. The van der Waals surface area contributed by atoms with E-state index in [2.05, 4.69) is 62.4 Å². The van der Waals surface area contributed by atoms with E-state index in [0.29, 0.717) is 22.4 Å². The van der Waals surface area contributed by atoms with Crippen molar-refractivity contribution in [1.82, 2.24) is 19.9 Å². The number of aryl methyl sites for hydroxylation is 2. The van der Waals surface area contributed by atoms with E-state index in [4.69, 9.17) is 19.9 Å². The first-order chi connectivity index (χ1) is 27.2. The number of carboxylic acids is 2. The van der Waals surface area contributed by atoms with Crippen molar-refractivity contribution >= 4 is 58.3 Å². The second-order valence-electron chi connectivity index (χ2n) is 13.9. The molecule has 0 spiro atoms. The van der Waals surface area contributed by atoms with Crippen LogP contribution in [0.15, 0.2) is 121 Å². The third kappa shape index (κ3) is 6.94. The van der Waals surface area contributed by atoms with Crippen LogP contribution in [0, 0.1) is 13.8 Å². The molecule has 57 heavy (non-hydrogen) atoms. The summed E-state index contributed by atoms with van der Waals surface area (Å²) in [6, 6.07) is 38.0. The van der Waals surface area contributed by atoms with Gasteiger partial charge in [0.25, 0.3) is 0 Å². The number of hydrogen-bond acceptors (Lipinski definition) is 4. The third-order valence-corrected chi connectivity index (χ3v) is 10.1. The van der Waals surface area contributed by atoms with Gasteiger partial charge in [-0.25, -0.2) is 19.6 Å². The SMILES string of the molecule is Cc1ccc(-c2c3nc(c(-c4ccc(C)cc4)c4ccc([n-]4)c(-c4ccc(C(=O)O)cc4)c4nc(c(-c5ccc(C(=O)O)cc5)c5ccc2[n-]5)C=C4)C=C3)cc1.[Zn+2]. The average molecular weight is 794 g/mol. The van der Waals surface area contributed by atoms with Gasteiger partial charge in [-0.15, -0.1) is 22.1 Å². The topological polar surface area (TPSA) is 129 Å². The summed E-state index contributed by atoms with van der Waals surface area (Å²) in [5.74, 6) is -2.03. The number of rotatable bonds is 6. The molecule has 0 unspecified atom stereocenters. The van der Waals surface area contributed by atoms with Crippen LogP contribution in [0.3, 0.4) is 0 Å². The second-order valence-corrected chi connectivity index (χ2v) is 13.9. The van der Waals surface area contributed by atoms with Crippen molar-refractivity contribution in [2.45, 2.75) is 13.8 Å². The molecule has 0 saturated heterocycles. The average Bonchev–Trinajstić information content (AvgIpc) is 4.05. The minimum Gasteiger partial charge on any atom is -0.657 e. The van der Waals surface area contributed by atoms with E-state index in [-0.39, 0.29) is 30.6 Å². The Labute approximate surface area is 340 Å². The Morgan fingerprint density at radius 2 is 0.649 bits per heavy atom. The van der Waals surface area contributed by atoms with Crippen molar-refractivity contribution < 1.29 is 39.3 Å². The maximum absolute atomic E-state index is 11.8. The van der Waals surface area contributed by atoms with E-state index in [1.165, 1.54) is 0 Å². The predicted octanol–water partition coefficient (Wildman–Crippen LogP) is 10.6. The molecule has 9 heteroatoms. The molecule has 270 valence electrons. The molecule has 0 saturated carbocycles. The van der Waals surface area contributed by atoms with E-state index < -0.39 is 11.9 Å². The van der Waals surface area contributed by atoms with Crippen molar-refractivity contribution in [2.24, 2.45) is 0 Å². The van der Waals surface area contributed by atoms with Gasteiger partial charge >= 0.3 is 31.4 Å². The molecule has 2 N–H and O–H groups in total. The molecule has 8 bridgehead atoms. The molecule has 0 fully saturated rings. The summed E-state index contributed by atoms with van der Waals surface area (Å²) in [6.45, 7) is 4.11. The maximum atomic E-state index is 11.8. The van der Waals surface area contributed by atoms with Gasteiger partial charge in [-0.1, -0.05) is 108 Å². The fourth-order valence-electron chi connectivity index (χ4n) is 7.27. The summed E-state index contributed by atoms with van der Waals surface area (Å²) in [4.78, 5) is 44.6. The summed E-state index contributed by atoms with van der Waals surface area (Å²) in [6.07, 6.45) is 7.90. The third-order valence-electron chi connectivity index (χ3n) is 10.1. The van der Waals surface area contributed by atoms with Crippen LogP contribution in [0.1, 0.15) is 54.6 Å². The number of fused-ring (bicyclic) bond motifs is 8. The minimum absolute atomic E-state index is 0. The van der Waals surface area contributed by atoms with Crippen LogP contribution in [0.25, 0.3) is 90.9 Å². The first kappa shape index (κ1) is 37.0. The van der Waals surface area contributed by atoms with Gasteiger partial charge in [0.2, 0.25) is 0 Å². The van der Waals surface area contributed by atoms with E-state index in [0.717, 1.165) is 78.1 Å². The number of carbonyl (C=O) groups is 2. The van der Waals surface area contributed by atoms with Gasteiger partial charge in [0.1, 0.15) is 0 Å². The van der Waals surface area contributed by atoms with Gasteiger partial charge < -0.3 is 20.2 Å². The zero-order valence-corrected chi connectivity index (χ0v) is 34.0. The maximum Gasteiger partial charge on any atom is 2.00 e. The summed E-state index contributed by atoms with van der Waals surface area (Å²) in [7, 11) is 0. The Morgan fingerprint density at radius 3 is 0.895 bits per heavy atom. The predicted molar refractivity (Wildman–Crippen MR) is 222 cm³/mol. The van der Waals surface area contributed by atoms with E-state index in [1.54, 1.807) is 48.5 Å². The summed E-state index contributed by atoms with van der Waals surface area (Å²) in [5, 5.41) is 19.3. The Bertz CT molecular complexity index is 2760. The summed E-state index contributed by atoms with van der Waals surface area (Å²) >= 11 is 0. The van der Waals surface area contributed by atoms with E-state index in [9.17, 15) is 19.8 Å². The molecule has 8 nitrogen and oxygen atoms in total. The molecule has 0 aliphatic carbocycles. The quantitative estimate of drug-likeness (QED) is 0.159. The molecule has 7 aromatic rings. The Balaban J connectivity index is 0.00000455. The number of carboxylic acid groups (broad SMARTS) is 2. The monoisotopic (exact) mass is 792 g/mol. The molecule has 0 atom stereocenters. The number of benzene rings is 4. The van der Waals surface area contributed by atoms with Crippen LogP contribution >= 0.6 is 0 Å². The molecule has 3 aromatic heterocycles. The largest absolute Gasteiger partial charge is 2.00 e. The molecule has 2 aliphatic heterocycles. The standard InChI is InChI=1S/C48H34N4O4.Zn/c1-27-3-7-29(8-4-27)43-35-19-20-36(49-35)44(30-9-5-28(2)6-10-30)38-22-24-40(51-38)46(32-13-17-34(18-14-32)48(55)56)42-26-25-41(52-42)45(39-23-21-37(43)50-39)31-11-15-33(16-12-31)47(53)54;/h3-26H,1-2H3,(H4,49,50,51,52,53,54,55,56);/q;+2/p-2. The van der Waals surface area contributed by atoms with E-state index >= 15 is 0 Å². The normalized spacial score (nSPS) is 11.7. The van der Waals surface area contributed by atoms with Crippen LogP contribution in [-0.4, -0.2) is 32.1 Å². The molecular weight excluding hydrogens is 762 g/mol. The first-order valence-corrected chi connectivity index (χ1v) is 18.1. The van der Waals surface area contributed by atoms with Crippen LogP contribution in [0.2, 0.25) is 0 Å². The number of nitrogens with zero attached hydrogens (tertiary/aromatic N) is 4. The smallest absolute Gasteiger partial charge is 0.657 e. The number of hydrogen-bond donors (Lipinski definition) is 2. The molecule has 4 aromatic carbocycles. The molecule has 0 amide bonds. The zero-order chi connectivity index (χ0) is 38.5. The van der Waals surface area contributed by atoms with Gasteiger partial charge in [0.15, 0.2) is 0 Å². The summed E-state index contributed by atoms with van der Waals surface area (Å²) < 4.78 is 0. The number of aromatic carboxylic acids is 2. The Morgan fingerprint density at radius 1 is 0.404 bits per heavy atom. The van der Waals surface area contributed by atoms with Gasteiger partial charge in [-0.05, 0) is 107 Å². The van der Waals surface area contributed by atoms with Gasteiger partial charge in [0.05, 0.1) is 33.9 Å². The van der Waals surface area contributed by atoms with Crippen molar-refractivity contribution in [3.8, 4) is 44.5 Å². The first-order valence-electron chi connectivity index (χ1n) is 18.1. The summed E-state index contributed by atoms with van der Waals surface area (Å²) in [5.41, 5.74) is 14.7. The van der Waals surface area contributed by atoms with Crippen molar-refractivity contribution in [2.75, 3.05) is 0 Å². The molecule has 5 heterocycles. The molecular formula is C48H32N4O4Zn. The van der Waals surface area contributed by atoms with Crippen LogP contribution in [0.5, 0.6) is 0 Å². The van der Waals surface area contributed by atoms with Crippen molar-refractivity contribution in [1.29, 1.82) is 0 Å². The fourth-order valence-corrected chi connectivity index (χ4v) is 7.27. The van der Waals surface area contributed by atoms with Crippen LogP contribution in [-0.2, 0) is 19.5 Å². The Hall–Kier alpha value is -6.96. The zero-order valence-electron chi connectivity index (χ0n) is 31.1. The Kier molecular flexibility index (Phi) is 9.70. The second kappa shape index (κ2) is 14.9. The van der Waals surface area contributed by atoms with Gasteiger partial charge in [-0.3, -0.25) is 0 Å². The van der Waals surface area contributed by atoms with Crippen molar-refractivity contribution in [3.63, 3.8) is 0 Å². The fraction of sp³-hybridized carbons (Fsp3) is 0.0417. The minimum atomic E-state index is -1.02. The molecule has 2 aliphatic rings. The number of aromatic nitrogens is 4. The van der Waals surface area contributed by atoms with Gasteiger partial charge in [-0.2, -0.15) is 0 Å².